The minimum Gasteiger partial charge on any atom is -0.385 e. The largest absolute Gasteiger partial charge is 0.385 e. The summed E-state index contributed by atoms with van der Waals surface area (Å²) in [5, 5.41) is 9.57. The molecule has 0 amide bonds. The molecule has 0 atom stereocenters. The average Bonchev–Trinajstić information content (AvgIpc) is 2.54. The molecule has 0 heterocycles. The van der Waals surface area contributed by atoms with Gasteiger partial charge in [-0.1, -0.05) is 37.3 Å². The van der Waals surface area contributed by atoms with E-state index in [1.165, 1.54) is 0 Å². The van der Waals surface area contributed by atoms with Crippen LogP contribution < -0.4 is 15.9 Å². The van der Waals surface area contributed by atoms with E-state index in [4.69, 9.17) is 0 Å². The first kappa shape index (κ1) is 15.1. The van der Waals surface area contributed by atoms with Crippen LogP contribution in [-0.2, 0) is 0 Å². The molecule has 0 fully saturated rings. The number of para-hydroxylation sites is 1. The van der Waals surface area contributed by atoms with Gasteiger partial charge in [0.2, 0.25) is 0 Å². The number of benzene rings is 2. The lowest BCUT2D eigenvalue weighted by Crippen LogP contribution is -2.33. The third-order valence-corrected chi connectivity index (χ3v) is 2.92. The Labute approximate surface area is 126 Å². The van der Waals surface area contributed by atoms with Gasteiger partial charge in [0.25, 0.3) is 0 Å². The lowest BCUT2D eigenvalue weighted by Gasteiger charge is -2.18. The van der Waals surface area contributed by atoms with Crippen molar-refractivity contribution >= 4 is 17.6 Å². The van der Waals surface area contributed by atoms with Gasteiger partial charge < -0.3 is 5.32 Å². The molecule has 0 radical (unpaired) electrons. The maximum atomic E-state index is 4.51. The van der Waals surface area contributed by atoms with Crippen LogP contribution in [0.25, 0.3) is 0 Å². The number of nitrogens with one attached hydrogen (secondary N) is 2. The number of hydrogen-bond acceptors (Lipinski definition) is 4. The van der Waals surface area contributed by atoms with Gasteiger partial charge >= 0.3 is 0 Å². The van der Waals surface area contributed by atoms with E-state index in [1.807, 2.05) is 36.5 Å². The Morgan fingerprint density at radius 2 is 1.67 bits per heavy atom. The summed E-state index contributed by atoms with van der Waals surface area (Å²) in [5.41, 5.74) is 6.43. The molecule has 0 aromatic heterocycles. The molecular formula is C17H22N4. The third kappa shape index (κ3) is 4.61. The highest BCUT2D eigenvalue weighted by molar-refractivity contribution is 5.81. The zero-order valence-corrected chi connectivity index (χ0v) is 12.6. The molecule has 4 nitrogen and oxygen atoms in total. The monoisotopic (exact) mass is 282 g/mol. The van der Waals surface area contributed by atoms with Crippen LogP contribution in [0.3, 0.4) is 0 Å². The molecular weight excluding hydrogens is 260 g/mol. The van der Waals surface area contributed by atoms with E-state index in [0.29, 0.717) is 0 Å². The predicted molar refractivity (Wildman–Crippen MR) is 90.8 cm³/mol. The SMILES string of the molecule is CCNc1ccc(C=NN(NCC)c2ccccc2)cc1. The van der Waals surface area contributed by atoms with Gasteiger partial charge in [0.1, 0.15) is 0 Å². The molecule has 4 heteroatoms. The van der Waals surface area contributed by atoms with Crippen molar-refractivity contribution in [1.29, 1.82) is 0 Å². The van der Waals surface area contributed by atoms with Gasteiger partial charge in [-0.05, 0) is 36.8 Å². The van der Waals surface area contributed by atoms with Crippen molar-refractivity contribution in [2.75, 3.05) is 23.5 Å². The Bertz CT molecular complexity index is 549. The molecule has 2 rings (SSSR count). The van der Waals surface area contributed by atoms with Crippen LogP contribution in [-0.4, -0.2) is 19.3 Å². The normalized spacial score (nSPS) is 10.8. The molecule has 0 saturated carbocycles. The van der Waals surface area contributed by atoms with Crippen molar-refractivity contribution in [3.63, 3.8) is 0 Å². The van der Waals surface area contributed by atoms with Crippen molar-refractivity contribution in [2.45, 2.75) is 13.8 Å². The minimum absolute atomic E-state index is 0.811. The summed E-state index contributed by atoms with van der Waals surface area (Å²) in [6.07, 6.45) is 1.85. The van der Waals surface area contributed by atoms with Crippen molar-refractivity contribution < 1.29 is 0 Å². The first-order chi connectivity index (χ1) is 10.3. The Hall–Kier alpha value is -2.33. The molecule has 0 spiro atoms. The van der Waals surface area contributed by atoms with E-state index in [2.05, 4.69) is 54.0 Å². The van der Waals surface area contributed by atoms with Crippen molar-refractivity contribution in [1.82, 2.24) is 5.43 Å². The third-order valence-electron chi connectivity index (χ3n) is 2.92. The Balaban J connectivity index is 2.09. The van der Waals surface area contributed by atoms with E-state index in [9.17, 15) is 0 Å². The van der Waals surface area contributed by atoms with Crippen LogP contribution in [0.1, 0.15) is 19.4 Å². The highest BCUT2D eigenvalue weighted by atomic mass is 15.7. The summed E-state index contributed by atoms with van der Waals surface area (Å²) in [4.78, 5) is 0. The summed E-state index contributed by atoms with van der Waals surface area (Å²) < 4.78 is 0. The van der Waals surface area contributed by atoms with Crippen molar-refractivity contribution in [2.24, 2.45) is 5.10 Å². The van der Waals surface area contributed by atoms with E-state index < -0.39 is 0 Å². The first-order valence-electron chi connectivity index (χ1n) is 7.30. The molecule has 0 bridgehead atoms. The lowest BCUT2D eigenvalue weighted by atomic mass is 10.2. The molecule has 0 unspecified atom stereocenters. The molecule has 2 N–H and O–H groups in total. The molecule has 110 valence electrons. The van der Waals surface area contributed by atoms with Gasteiger partial charge in [-0.3, -0.25) is 0 Å². The second-order valence-electron chi connectivity index (χ2n) is 4.56. The number of nitrogens with zero attached hydrogens (tertiary/aromatic N) is 2. The molecule has 0 aliphatic rings. The van der Waals surface area contributed by atoms with Gasteiger partial charge in [0.15, 0.2) is 0 Å². The van der Waals surface area contributed by atoms with Crippen LogP contribution >= 0.6 is 0 Å². The predicted octanol–water partition coefficient (Wildman–Crippen LogP) is 3.48. The van der Waals surface area contributed by atoms with Gasteiger partial charge in [-0.25, -0.2) is 5.43 Å². The average molecular weight is 282 g/mol. The molecule has 0 saturated heterocycles. The maximum Gasteiger partial charge on any atom is 0.0778 e. The van der Waals surface area contributed by atoms with Gasteiger partial charge in [-0.15, -0.1) is 0 Å². The fourth-order valence-electron chi connectivity index (χ4n) is 1.93. The summed E-state index contributed by atoms with van der Waals surface area (Å²) in [6, 6.07) is 18.3. The van der Waals surface area contributed by atoms with Crippen molar-refractivity contribution in [3.8, 4) is 0 Å². The van der Waals surface area contributed by atoms with Crippen LogP contribution in [0.5, 0.6) is 0 Å². The van der Waals surface area contributed by atoms with Gasteiger partial charge in [0.05, 0.1) is 11.9 Å². The van der Waals surface area contributed by atoms with E-state index >= 15 is 0 Å². The lowest BCUT2D eigenvalue weighted by molar-refractivity contribution is 0.674. The number of rotatable bonds is 7. The van der Waals surface area contributed by atoms with Gasteiger partial charge in [-0.2, -0.15) is 10.2 Å². The maximum absolute atomic E-state index is 4.51. The fraction of sp³-hybridized carbons (Fsp3) is 0.235. The van der Waals surface area contributed by atoms with E-state index in [-0.39, 0.29) is 0 Å². The summed E-state index contributed by atoms with van der Waals surface area (Å²) >= 11 is 0. The second kappa shape index (κ2) is 8.07. The summed E-state index contributed by atoms with van der Waals surface area (Å²) in [5.74, 6) is 0. The number of hydrazone groups is 1. The molecule has 0 aliphatic heterocycles. The Morgan fingerprint density at radius 1 is 0.952 bits per heavy atom. The molecule has 2 aromatic carbocycles. The van der Waals surface area contributed by atoms with Crippen LogP contribution in [0.4, 0.5) is 11.4 Å². The van der Waals surface area contributed by atoms with Gasteiger partial charge in [0, 0.05) is 18.8 Å². The number of anilines is 2. The Kier molecular flexibility index (Phi) is 5.79. The highest BCUT2D eigenvalue weighted by Crippen LogP contribution is 2.12. The number of hydrogen-bond donors (Lipinski definition) is 2. The second-order valence-corrected chi connectivity index (χ2v) is 4.56. The standard InChI is InChI=1S/C17H22N4/c1-3-18-16-12-10-15(11-13-16)14-20-21(19-4-2)17-8-6-5-7-9-17/h5-14,18-19H,3-4H2,1-2H3. The topological polar surface area (TPSA) is 39.7 Å². The zero-order valence-electron chi connectivity index (χ0n) is 12.6. The van der Waals surface area contributed by atoms with Crippen molar-refractivity contribution in [3.05, 3.63) is 60.2 Å². The summed E-state index contributed by atoms with van der Waals surface area (Å²) in [7, 11) is 0. The highest BCUT2D eigenvalue weighted by Gasteiger charge is 2.01. The van der Waals surface area contributed by atoms with E-state index in [1.54, 1.807) is 5.12 Å². The summed E-state index contributed by atoms with van der Waals surface area (Å²) in [6.45, 7) is 5.88. The molecule has 2 aromatic rings. The molecule has 21 heavy (non-hydrogen) atoms. The van der Waals surface area contributed by atoms with Crippen LogP contribution in [0, 0.1) is 0 Å². The minimum atomic E-state index is 0.811. The quantitative estimate of drug-likeness (QED) is 0.603. The smallest absolute Gasteiger partial charge is 0.0778 e. The molecule has 0 aliphatic carbocycles. The van der Waals surface area contributed by atoms with E-state index in [0.717, 1.165) is 30.0 Å². The zero-order chi connectivity index (χ0) is 14.9. The van der Waals surface area contributed by atoms with Crippen LogP contribution in [0.15, 0.2) is 59.7 Å². The first-order valence-corrected chi connectivity index (χ1v) is 7.30. The number of hydrazine groups is 1. The fourth-order valence-corrected chi connectivity index (χ4v) is 1.93. The van der Waals surface area contributed by atoms with Crippen LogP contribution in [0.2, 0.25) is 0 Å². The Morgan fingerprint density at radius 3 is 2.29 bits per heavy atom.